The summed E-state index contributed by atoms with van der Waals surface area (Å²) >= 11 is 0. The van der Waals surface area contributed by atoms with Crippen molar-refractivity contribution >= 4 is 6.09 Å². The van der Waals surface area contributed by atoms with Crippen LogP contribution in [0.15, 0.2) is 0 Å². The quantitative estimate of drug-likeness (QED) is 0.614. The molecule has 0 rings (SSSR count). The van der Waals surface area contributed by atoms with E-state index in [1.165, 1.54) is 0 Å². The van der Waals surface area contributed by atoms with Crippen molar-refractivity contribution < 1.29 is 14.6 Å². The zero-order valence-electron chi connectivity index (χ0n) is 11.5. The van der Waals surface area contributed by atoms with Gasteiger partial charge in [0.05, 0.1) is 0 Å². The number of carbonyl (C=O) groups is 1. The molecule has 1 amide bonds. The fraction of sp³-hybridized carbons (Fsp3) is 0.917. The molecule has 0 aliphatic carbocycles. The Kier molecular flexibility index (Phi) is 7.15. The number of amides is 1. The Morgan fingerprint density at radius 3 is 2.35 bits per heavy atom. The number of aliphatic hydroxyl groups excluding tert-OH is 1. The summed E-state index contributed by atoms with van der Waals surface area (Å²) in [6, 6.07) is 0.223. The van der Waals surface area contributed by atoms with Gasteiger partial charge in [0.2, 0.25) is 0 Å². The summed E-state index contributed by atoms with van der Waals surface area (Å²) in [7, 11) is 0. The standard InChI is InChI=1S/C12H26N2O3/c1-9(8-15)10(2)13-6-7-14-11(16)17-12(3,4)5/h9-10,13,15H,6-8H2,1-5H3,(H,14,16). The van der Waals surface area contributed by atoms with Crippen molar-refractivity contribution in [3.8, 4) is 0 Å². The molecule has 0 spiro atoms. The lowest BCUT2D eigenvalue weighted by Crippen LogP contribution is -2.40. The van der Waals surface area contributed by atoms with E-state index in [4.69, 9.17) is 9.84 Å². The molecule has 0 aliphatic heterocycles. The maximum Gasteiger partial charge on any atom is 0.407 e. The van der Waals surface area contributed by atoms with E-state index >= 15 is 0 Å². The van der Waals surface area contributed by atoms with E-state index in [2.05, 4.69) is 10.6 Å². The average molecular weight is 246 g/mol. The van der Waals surface area contributed by atoms with Crippen LogP contribution < -0.4 is 10.6 Å². The molecule has 2 unspecified atom stereocenters. The molecule has 17 heavy (non-hydrogen) atoms. The van der Waals surface area contributed by atoms with Gasteiger partial charge >= 0.3 is 6.09 Å². The molecule has 0 aromatic rings. The van der Waals surface area contributed by atoms with E-state index in [-0.39, 0.29) is 18.6 Å². The first-order valence-electron chi connectivity index (χ1n) is 6.07. The van der Waals surface area contributed by atoms with Crippen molar-refractivity contribution in [1.29, 1.82) is 0 Å². The van der Waals surface area contributed by atoms with Gasteiger partial charge < -0.3 is 20.5 Å². The van der Waals surface area contributed by atoms with Gasteiger partial charge in [-0.25, -0.2) is 4.79 Å². The molecule has 0 heterocycles. The lowest BCUT2D eigenvalue weighted by Gasteiger charge is -2.21. The molecule has 0 saturated carbocycles. The fourth-order valence-electron chi connectivity index (χ4n) is 1.14. The SMILES string of the molecule is CC(CO)C(C)NCCNC(=O)OC(C)(C)C. The number of nitrogens with one attached hydrogen (secondary N) is 2. The molecular formula is C12H26N2O3. The predicted molar refractivity (Wildman–Crippen MR) is 68.0 cm³/mol. The lowest BCUT2D eigenvalue weighted by atomic mass is 10.1. The van der Waals surface area contributed by atoms with Crippen molar-refractivity contribution in [2.24, 2.45) is 5.92 Å². The third-order valence-electron chi connectivity index (χ3n) is 2.40. The Balaban J connectivity index is 3.61. The highest BCUT2D eigenvalue weighted by Gasteiger charge is 2.15. The van der Waals surface area contributed by atoms with Crippen LogP contribution in [0.2, 0.25) is 0 Å². The molecule has 3 N–H and O–H groups in total. The summed E-state index contributed by atoms with van der Waals surface area (Å²) in [6.45, 7) is 10.8. The maximum absolute atomic E-state index is 11.3. The number of rotatable bonds is 6. The number of hydrogen-bond donors (Lipinski definition) is 3. The average Bonchev–Trinajstić information content (AvgIpc) is 2.20. The predicted octanol–water partition coefficient (Wildman–Crippen LogP) is 1.12. The number of carbonyl (C=O) groups excluding carboxylic acids is 1. The van der Waals surface area contributed by atoms with Crippen molar-refractivity contribution in [3.63, 3.8) is 0 Å². The topological polar surface area (TPSA) is 70.6 Å². The Labute approximate surface area is 104 Å². The van der Waals surface area contributed by atoms with Gasteiger partial charge in [-0.1, -0.05) is 6.92 Å². The van der Waals surface area contributed by atoms with E-state index in [0.717, 1.165) is 0 Å². The monoisotopic (exact) mass is 246 g/mol. The smallest absolute Gasteiger partial charge is 0.407 e. The Hall–Kier alpha value is -0.810. The van der Waals surface area contributed by atoms with Crippen LogP contribution in [0, 0.1) is 5.92 Å². The van der Waals surface area contributed by atoms with Gasteiger partial charge in [0, 0.05) is 25.7 Å². The summed E-state index contributed by atoms with van der Waals surface area (Å²) in [5.41, 5.74) is -0.462. The molecule has 0 fully saturated rings. The Morgan fingerprint density at radius 1 is 1.29 bits per heavy atom. The first kappa shape index (κ1) is 16.2. The molecular weight excluding hydrogens is 220 g/mol. The molecule has 0 saturated heterocycles. The first-order chi connectivity index (χ1) is 7.76. The molecule has 0 radical (unpaired) electrons. The van der Waals surface area contributed by atoms with Crippen LogP contribution in [0.1, 0.15) is 34.6 Å². The van der Waals surface area contributed by atoms with Gasteiger partial charge in [0.25, 0.3) is 0 Å². The molecule has 0 bridgehead atoms. The van der Waals surface area contributed by atoms with Crippen LogP contribution >= 0.6 is 0 Å². The van der Waals surface area contributed by atoms with Crippen molar-refractivity contribution in [3.05, 3.63) is 0 Å². The summed E-state index contributed by atoms with van der Waals surface area (Å²) in [6.07, 6.45) is -0.401. The lowest BCUT2D eigenvalue weighted by molar-refractivity contribution is 0.0527. The molecule has 5 heteroatoms. The van der Waals surface area contributed by atoms with Crippen LogP contribution in [0.3, 0.4) is 0 Å². The minimum absolute atomic E-state index is 0.160. The molecule has 102 valence electrons. The fourth-order valence-corrected chi connectivity index (χ4v) is 1.14. The molecule has 5 nitrogen and oxygen atoms in total. The van der Waals surface area contributed by atoms with Crippen molar-refractivity contribution in [2.45, 2.75) is 46.3 Å². The number of ether oxygens (including phenoxy) is 1. The second-order valence-corrected chi connectivity index (χ2v) is 5.33. The number of aliphatic hydroxyl groups is 1. The van der Waals surface area contributed by atoms with E-state index in [9.17, 15) is 4.79 Å². The van der Waals surface area contributed by atoms with E-state index in [1.54, 1.807) is 0 Å². The van der Waals surface area contributed by atoms with Crippen LogP contribution in [0.25, 0.3) is 0 Å². The third kappa shape index (κ3) is 8.94. The minimum Gasteiger partial charge on any atom is -0.444 e. The summed E-state index contributed by atoms with van der Waals surface area (Å²) < 4.78 is 5.10. The third-order valence-corrected chi connectivity index (χ3v) is 2.40. The van der Waals surface area contributed by atoms with Crippen LogP contribution in [-0.4, -0.2) is 42.5 Å². The first-order valence-corrected chi connectivity index (χ1v) is 6.07. The van der Waals surface area contributed by atoms with Gasteiger partial charge in [0.1, 0.15) is 5.60 Å². The zero-order valence-corrected chi connectivity index (χ0v) is 11.5. The van der Waals surface area contributed by atoms with Crippen molar-refractivity contribution in [1.82, 2.24) is 10.6 Å². The minimum atomic E-state index is -0.462. The second kappa shape index (κ2) is 7.50. The van der Waals surface area contributed by atoms with E-state index in [1.807, 2.05) is 34.6 Å². The largest absolute Gasteiger partial charge is 0.444 e. The maximum atomic E-state index is 11.3. The molecule has 0 aliphatic rings. The van der Waals surface area contributed by atoms with Gasteiger partial charge in [-0.15, -0.1) is 0 Å². The van der Waals surface area contributed by atoms with Crippen molar-refractivity contribution in [2.75, 3.05) is 19.7 Å². The number of alkyl carbamates (subject to hydrolysis) is 1. The highest BCUT2D eigenvalue weighted by atomic mass is 16.6. The van der Waals surface area contributed by atoms with E-state index in [0.29, 0.717) is 13.1 Å². The zero-order chi connectivity index (χ0) is 13.5. The van der Waals surface area contributed by atoms with Crippen LogP contribution in [-0.2, 0) is 4.74 Å². The summed E-state index contributed by atoms with van der Waals surface area (Å²) in [5, 5.41) is 14.8. The van der Waals surface area contributed by atoms with Gasteiger partial charge in [0.15, 0.2) is 0 Å². The summed E-state index contributed by atoms with van der Waals surface area (Å²) in [4.78, 5) is 11.3. The molecule has 2 atom stereocenters. The summed E-state index contributed by atoms with van der Waals surface area (Å²) in [5.74, 6) is 0.205. The van der Waals surface area contributed by atoms with Gasteiger partial charge in [-0.2, -0.15) is 0 Å². The molecule has 0 aromatic carbocycles. The Bertz CT molecular complexity index is 226. The number of hydrogen-bond acceptors (Lipinski definition) is 4. The highest BCUT2D eigenvalue weighted by molar-refractivity contribution is 5.67. The van der Waals surface area contributed by atoms with Gasteiger partial charge in [-0.05, 0) is 33.6 Å². The highest BCUT2D eigenvalue weighted by Crippen LogP contribution is 2.06. The normalized spacial score (nSPS) is 15.2. The van der Waals surface area contributed by atoms with Gasteiger partial charge in [-0.3, -0.25) is 0 Å². The van der Waals surface area contributed by atoms with E-state index < -0.39 is 11.7 Å². The second-order valence-electron chi connectivity index (χ2n) is 5.33. The van der Waals surface area contributed by atoms with Crippen LogP contribution in [0.5, 0.6) is 0 Å². The Morgan fingerprint density at radius 2 is 1.88 bits per heavy atom. The van der Waals surface area contributed by atoms with Crippen LogP contribution in [0.4, 0.5) is 4.79 Å². The molecule has 0 aromatic heterocycles.